The molecule has 0 unspecified atom stereocenters. The van der Waals surface area contributed by atoms with Gasteiger partial charge in [0.25, 0.3) is 0 Å². The van der Waals surface area contributed by atoms with Crippen molar-refractivity contribution in [1.82, 2.24) is 15.6 Å². The SMILES string of the molecule is O=C(NCCCc1ccccc1)N[C@@H](c1ccc(C(F)(F)F)cc1)c1ncccc1C(F)(F)F. The summed E-state index contributed by atoms with van der Waals surface area (Å²) in [4.78, 5) is 16.3. The van der Waals surface area contributed by atoms with Gasteiger partial charge in [-0.1, -0.05) is 42.5 Å². The lowest BCUT2D eigenvalue weighted by Gasteiger charge is -2.23. The normalized spacial score (nSPS) is 12.8. The summed E-state index contributed by atoms with van der Waals surface area (Å²) < 4.78 is 79.5. The molecule has 0 radical (unpaired) electrons. The molecule has 4 nitrogen and oxygen atoms in total. The highest BCUT2D eigenvalue weighted by molar-refractivity contribution is 5.75. The van der Waals surface area contributed by atoms with Gasteiger partial charge in [0.15, 0.2) is 0 Å². The van der Waals surface area contributed by atoms with Crippen molar-refractivity contribution in [3.05, 3.63) is 101 Å². The fourth-order valence-corrected chi connectivity index (χ4v) is 3.38. The summed E-state index contributed by atoms with van der Waals surface area (Å²) in [6, 6.07) is 12.8. The van der Waals surface area contributed by atoms with Crippen LogP contribution in [0.1, 0.15) is 40.4 Å². The Labute approximate surface area is 192 Å². The van der Waals surface area contributed by atoms with Gasteiger partial charge in [0.1, 0.15) is 0 Å². The summed E-state index contributed by atoms with van der Waals surface area (Å²) in [6.45, 7) is 0.245. The third-order valence-corrected chi connectivity index (χ3v) is 5.03. The Kier molecular flexibility index (Phi) is 7.80. The number of urea groups is 1. The molecular weight excluding hydrogens is 460 g/mol. The van der Waals surface area contributed by atoms with E-state index in [1.807, 2.05) is 30.3 Å². The minimum absolute atomic E-state index is 0.0247. The largest absolute Gasteiger partial charge is 0.418 e. The molecule has 180 valence electrons. The van der Waals surface area contributed by atoms with Crippen molar-refractivity contribution in [2.75, 3.05) is 6.54 Å². The van der Waals surface area contributed by atoms with E-state index in [-0.39, 0.29) is 12.1 Å². The fourth-order valence-electron chi connectivity index (χ4n) is 3.38. The Balaban J connectivity index is 1.79. The van der Waals surface area contributed by atoms with Gasteiger partial charge in [0.05, 0.1) is 22.9 Å². The molecule has 0 spiro atoms. The van der Waals surface area contributed by atoms with E-state index >= 15 is 0 Å². The standard InChI is InChI=1S/C24H21F6N3O/c25-23(26,27)18-12-10-17(11-13-18)20(21-19(24(28,29)30)9-5-14-31-21)33-22(34)32-15-4-8-16-6-2-1-3-7-16/h1-3,5-7,9-14,20H,4,8,15H2,(H2,32,33,34)/t20-/m0/s1. The molecule has 1 heterocycles. The monoisotopic (exact) mass is 481 g/mol. The third kappa shape index (κ3) is 6.72. The van der Waals surface area contributed by atoms with Crippen LogP contribution in [0.4, 0.5) is 31.1 Å². The van der Waals surface area contributed by atoms with Crippen LogP contribution in [0.25, 0.3) is 0 Å². The quantitative estimate of drug-likeness (QED) is 0.315. The van der Waals surface area contributed by atoms with Gasteiger partial charge in [-0.15, -0.1) is 0 Å². The average Bonchev–Trinajstić information content (AvgIpc) is 2.80. The van der Waals surface area contributed by atoms with E-state index in [0.717, 1.165) is 48.2 Å². The number of aryl methyl sites for hydroxylation is 1. The third-order valence-electron chi connectivity index (χ3n) is 5.03. The number of alkyl halides is 6. The molecule has 0 bridgehead atoms. The van der Waals surface area contributed by atoms with Gasteiger partial charge in [-0.25, -0.2) is 4.79 Å². The van der Waals surface area contributed by atoms with Crippen LogP contribution in [0.2, 0.25) is 0 Å². The molecule has 0 aliphatic carbocycles. The molecule has 0 fully saturated rings. The van der Waals surface area contributed by atoms with E-state index in [4.69, 9.17) is 0 Å². The van der Waals surface area contributed by atoms with Crippen LogP contribution in [0.5, 0.6) is 0 Å². The second kappa shape index (κ2) is 10.6. The van der Waals surface area contributed by atoms with Gasteiger partial charge in [-0.2, -0.15) is 26.3 Å². The number of benzene rings is 2. The first-order valence-corrected chi connectivity index (χ1v) is 10.3. The smallest absolute Gasteiger partial charge is 0.338 e. The summed E-state index contributed by atoms with van der Waals surface area (Å²) in [5, 5.41) is 5.00. The number of hydrogen-bond acceptors (Lipinski definition) is 2. The van der Waals surface area contributed by atoms with Crippen molar-refractivity contribution in [2.45, 2.75) is 31.2 Å². The molecule has 1 aromatic heterocycles. The van der Waals surface area contributed by atoms with Gasteiger partial charge < -0.3 is 10.6 Å². The number of rotatable bonds is 7. The Bertz CT molecular complexity index is 1080. The Morgan fingerprint density at radius 2 is 1.53 bits per heavy atom. The van der Waals surface area contributed by atoms with Gasteiger partial charge in [-0.3, -0.25) is 4.98 Å². The first-order valence-electron chi connectivity index (χ1n) is 10.3. The highest BCUT2D eigenvalue weighted by Crippen LogP contribution is 2.36. The van der Waals surface area contributed by atoms with E-state index in [2.05, 4.69) is 15.6 Å². The molecule has 0 saturated heterocycles. The molecule has 34 heavy (non-hydrogen) atoms. The molecule has 10 heteroatoms. The molecule has 0 aliphatic heterocycles. The maximum absolute atomic E-state index is 13.6. The van der Waals surface area contributed by atoms with Crippen molar-refractivity contribution in [2.24, 2.45) is 0 Å². The minimum atomic E-state index is -4.78. The molecule has 2 aromatic carbocycles. The molecule has 0 saturated carbocycles. The predicted octanol–water partition coefficient (Wildman–Crippen LogP) is 6.14. The Morgan fingerprint density at radius 1 is 0.853 bits per heavy atom. The molecule has 1 atom stereocenters. The number of halogens is 6. The van der Waals surface area contributed by atoms with Crippen molar-refractivity contribution >= 4 is 6.03 Å². The van der Waals surface area contributed by atoms with Gasteiger partial charge in [0, 0.05) is 12.7 Å². The molecule has 2 amide bonds. The van der Waals surface area contributed by atoms with Crippen LogP contribution in [0.15, 0.2) is 72.9 Å². The van der Waals surface area contributed by atoms with Gasteiger partial charge >= 0.3 is 18.4 Å². The zero-order chi connectivity index (χ0) is 24.8. The number of amides is 2. The zero-order valence-corrected chi connectivity index (χ0v) is 17.8. The van der Waals surface area contributed by atoms with E-state index in [1.165, 1.54) is 0 Å². The molecule has 3 rings (SSSR count). The Hall–Kier alpha value is -3.56. The number of pyridine rings is 1. The highest BCUT2D eigenvalue weighted by atomic mass is 19.4. The summed E-state index contributed by atoms with van der Waals surface area (Å²) in [7, 11) is 0. The van der Waals surface area contributed by atoms with Crippen molar-refractivity contribution in [3.63, 3.8) is 0 Å². The first-order chi connectivity index (χ1) is 16.1. The summed E-state index contributed by atoms with van der Waals surface area (Å²) >= 11 is 0. The number of carbonyl (C=O) groups is 1. The number of hydrogen-bond donors (Lipinski definition) is 2. The van der Waals surface area contributed by atoms with Crippen LogP contribution < -0.4 is 10.6 Å². The van der Waals surface area contributed by atoms with E-state index in [9.17, 15) is 31.1 Å². The van der Waals surface area contributed by atoms with Gasteiger partial charge in [0.2, 0.25) is 0 Å². The number of nitrogens with one attached hydrogen (secondary N) is 2. The highest BCUT2D eigenvalue weighted by Gasteiger charge is 2.37. The van der Waals surface area contributed by atoms with E-state index in [0.29, 0.717) is 12.8 Å². The van der Waals surface area contributed by atoms with Crippen LogP contribution in [-0.4, -0.2) is 17.6 Å². The topological polar surface area (TPSA) is 54.0 Å². The molecular formula is C24H21F6N3O. The molecule has 2 N–H and O–H groups in total. The van der Waals surface area contributed by atoms with Crippen LogP contribution in [0, 0.1) is 0 Å². The van der Waals surface area contributed by atoms with Gasteiger partial charge in [-0.05, 0) is 48.2 Å². The number of aromatic nitrogens is 1. The van der Waals surface area contributed by atoms with E-state index in [1.54, 1.807) is 0 Å². The number of carbonyl (C=O) groups excluding carboxylic acids is 1. The first kappa shape index (κ1) is 25.1. The average molecular weight is 481 g/mol. The molecule has 3 aromatic rings. The van der Waals surface area contributed by atoms with Crippen LogP contribution >= 0.6 is 0 Å². The maximum Gasteiger partial charge on any atom is 0.418 e. The lowest BCUT2D eigenvalue weighted by molar-refractivity contribution is -0.139. The second-order valence-corrected chi connectivity index (χ2v) is 7.48. The Morgan fingerprint density at radius 3 is 2.15 bits per heavy atom. The number of nitrogens with zero attached hydrogens (tertiary/aromatic N) is 1. The second-order valence-electron chi connectivity index (χ2n) is 7.48. The summed E-state index contributed by atoms with van der Waals surface area (Å²) in [6.07, 6.45) is -7.00. The van der Waals surface area contributed by atoms with Crippen LogP contribution in [0.3, 0.4) is 0 Å². The fraction of sp³-hybridized carbons (Fsp3) is 0.250. The van der Waals surface area contributed by atoms with Crippen LogP contribution in [-0.2, 0) is 18.8 Å². The van der Waals surface area contributed by atoms with Crippen molar-refractivity contribution in [1.29, 1.82) is 0 Å². The molecule has 0 aliphatic rings. The lowest BCUT2D eigenvalue weighted by Crippen LogP contribution is -2.39. The van der Waals surface area contributed by atoms with E-state index < -0.39 is 41.2 Å². The zero-order valence-electron chi connectivity index (χ0n) is 17.8. The van der Waals surface area contributed by atoms with Crippen molar-refractivity contribution in [3.8, 4) is 0 Å². The summed E-state index contributed by atoms with van der Waals surface area (Å²) in [5.41, 5.74) is -1.48. The lowest BCUT2D eigenvalue weighted by atomic mass is 9.98. The van der Waals surface area contributed by atoms with Crippen molar-refractivity contribution < 1.29 is 31.1 Å². The minimum Gasteiger partial charge on any atom is -0.338 e. The maximum atomic E-state index is 13.6. The predicted molar refractivity (Wildman–Crippen MR) is 114 cm³/mol. The summed E-state index contributed by atoms with van der Waals surface area (Å²) in [5.74, 6) is 0.